The SMILES string of the molecule is CCN(CC)C(=O)C(C)Nc1ncnc2ccsc12. The second-order valence-electron chi connectivity index (χ2n) is 4.23. The lowest BCUT2D eigenvalue weighted by Gasteiger charge is -2.23. The standard InChI is InChI=1S/C13H18N4OS/c1-4-17(5-2)13(18)9(3)16-12-11-10(6-7-19-11)14-8-15-12/h6-9H,4-5H2,1-3H3,(H,14,15,16). The first kappa shape index (κ1) is 13.7. The van der Waals surface area contributed by atoms with Gasteiger partial charge >= 0.3 is 0 Å². The fraction of sp³-hybridized carbons (Fsp3) is 0.462. The van der Waals surface area contributed by atoms with Gasteiger partial charge in [0.2, 0.25) is 5.91 Å². The first-order valence-electron chi connectivity index (χ1n) is 6.40. The Balaban J connectivity index is 2.16. The smallest absolute Gasteiger partial charge is 0.244 e. The van der Waals surface area contributed by atoms with Crippen molar-refractivity contribution in [2.45, 2.75) is 26.8 Å². The van der Waals surface area contributed by atoms with Crippen LogP contribution in [-0.2, 0) is 4.79 Å². The Morgan fingerprint density at radius 3 is 2.84 bits per heavy atom. The van der Waals surface area contributed by atoms with E-state index >= 15 is 0 Å². The number of likely N-dealkylation sites (N-methyl/N-ethyl adjacent to an activating group) is 1. The average molecular weight is 278 g/mol. The highest BCUT2D eigenvalue weighted by molar-refractivity contribution is 7.17. The number of aromatic nitrogens is 2. The fourth-order valence-electron chi connectivity index (χ4n) is 1.97. The molecule has 0 aromatic carbocycles. The predicted molar refractivity (Wildman–Crippen MR) is 78.4 cm³/mol. The third-order valence-corrected chi connectivity index (χ3v) is 3.95. The van der Waals surface area contributed by atoms with Crippen LogP contribution in [0.15, 0.2) is 17.8 Å². The molecule has 0 radical (unpaired) electrons. The van der Waals surface area contributed by atoms with Gasteiger partial charge in [-0.15, -0.1) is 11.3 Å². The molecule has 0 aliphatic heterocycles. The third-order valence-electron chi connectivity index (χ3n) is 3.04. The predicted octanol–water partition coefficient (Wildman–Crippen LogP) is 2.36. The lowest BCUT2D eigenvalue weighted by Crippen LogP contribution is -2.41. The van der Waals surface area contributed by atoms with Crippen molar-refractivity contribution in [2.75, 3.05) is 18.4 Å². The molecule has 1 atom stereocenters. The molecule has 1 unspecified atom stereocenters. The number of rotatable bonds is 5. The number of nitrogens with zero attached hydrogens (tertiary/aromatic N) is 3. The number of fused-ring (bicyclic) bond motifs is 1. The molecular weight excluding hydrogens is 260 g/mol. The van der Waals surface area contributed by atoms with E-state index in [9.17, 15) is 4.79 Å². The molecule has 19 heavy (non-hydrogen) atoms. The van der Waals surface area contributed by atoms with Gasteiger partial charge in [-0.3, -0.25) is 4.79 Å². The molecule has 1 amide bonds. The first-order valence-corrected chi connectivity index (χ1v) is 7.28. The van der Waals surface area contributed by atoms with E-state index in [4.69, 9.17) is 0 Å². The number of thiophene rings is 1. The number of nitrogens with one attached hydrogen (secondary N) is 1. The van der Waals surface area contributed by atoms with E-state index < -0.39 is 0 Å². The maximum Gasteiger partial charge on any atom is 0.244 e. The molecule has 0 bridgehead atoms. The van der Waals surface area contributed by atoms with E-state index in [1.807, 2.05) is 37.1 Å². The van der Waals surface area contributed by atoms with Crippen LogP contribution < -0.4 is 5.32 Å². The number of amides is 1. The van der Waals surface area contributed by atoms with Crippen LogP contribution in [0.1, 0.15) is 20.8 Å². The molecule has 0 saturated heterocycles. The molecule has 1 N–H and O–H groups in total. The minimum absolute atomic E-state index is 0.0910. The van der Waals surface area contributed by atoms with E-state index in [1.165, 1.54) is 6.33 Å². The van der Waals surface area contributed by atoms with Gasteiger partial charge in [0.25, 0.3) is 0 Å². The zero-order valence-corrected chi connectivity index (χ0v) is 12.2. The molecule has 0 spiro atoms. The summed E-state index contributed by atoms with van der Waals surface area (Å²) in [7, 11) is 0. The second-order valence-corrected chi connectivity index (χ2v) is 5.15. The summed E-state index contributed by atoms with van der Waals surface area (Å²) in [6.45, 7) is 7.27. The maximum atomic E-state index is 12.2. The summed E-state index contributed by atoms with van der Waals surface area (Å²) in [5.74, 6) is 0.821. The zero-order valence-electron chi connectivity index (χ0n) is 11.4. The lowest BCUT2D eigenvalue weighted by atomic mass is 10.2. The molecule has 0 aliphatic carbocycles. The van der Waals surface area contributed by atoms with Crippen molar-refractivity contribution in [3.63, 3.8) is 0 Å². The molecule has 2 rings (SSSR count). The van der Waals surface area contributed by atoms with E-state index in [1.54, 1.807) is 11.3 Å². The van der Waals surface area contributed by atoms with Crippen LogP contribution in [0, 0.1) is 0 Å². The summed E-state index contributed by atoms with van der Waals surface area (Å²) < 4.78 is 0.988. The molecule has 102 valence electrons. The zero-order chi connectivity index (χ0) is 13.8. The lowest BCUT2D eigenvalue weighted by molar-refractivity contribution is -0.131. The molecule has 0 fully saturated rings. The van der Waals surface area contributed by atoms with Gasteiger partial charge in [-0.1, -0.05) is 0 Å². The number of anilines is 1. The van der Waals surface area contributed by atoms with Crippen molar-refractivity contribution >= 4 is 33.3 Å². The Hall–Kier alpha value is -1.69. The van der Waals surface area contributed by atoms with Crippen molar-refractivity contribution in [3.05, 3.63) is 17.8 Å². The minimum Gasteiger partial charge on any atom is -0.357 e. The maximum absolute atomic E-state index is 12.2. The highest BCUT2D eigenvalue weighted by atomic mass is 32.1. The Bertz CT molecular complexity index is 565. The molecule has 0 aliphatic rings. The second kappa shape index (κ2) is 5.97. The van der Waals surface area contributed by atoms with E-state index in [0.717, 1.165) is 29.1 Å². The highest BCUT2D eigenvalue weighted by Gasteiger charge is 2.19. The molecule has 2 aromatic heterocycles. The quantitative estimate of drug-likeness (QED) is 0.912. The topological polar surface area (TPSA) is 58.1 Å². The third kappa shape index (κ3) is 2.84. The van der Waals surface area contributed by atoms with Crippen LogP contribution in [0.25, 0.3) is 10.2 Å². The number of hydrogen-bond donors (Lipinski definition) is 1. The van der Waals surface area contributed by atoms with Gasteiger partial charge < -0.3 is 10.2 Å². The Labute approximate surface area is 116 Å². The molecule has 6 heteroatoms. The van der Waals surface area contributed by atoms with Gasteiger partial charge in [-0.25, -0.2) is 9.97 Å². The van der Waals surface area contributed by atoms with Crippen LogP contribution in [0.4, 0.5) is 5.82 Å². The monoisotopic (exact) mass is 278 g/mol. The summed E-state index contributed by atoms with van der Waals surface area (Å²) in [5, 5.41) is 5.16. The van der Waals surface area contributed by atoms with Crippen molar-refractivity contribution in [1.82, 2.24) is 14.9 Å². The molecule has 2 aromatic rings. The average Bonchev–Trinajstić information content (AvgIpc) is 2.89. The minimum atomic E-state index is -0.292. The van der Waals surface area contributed by atoms with E-state index in [-0.39, 0.29) is 11.9 Å². The number of carbonyl (C=O) groups excluding carboxylic acids is 1. The van der Waals surface area contributed by atoms with Crippen molar-refractivity contribution in [1.29, 1.82) is 0 Å². The van der Waals surface area contributed by atoms with E-state index in [0.29, 0.717) is 0 Å². The summed E-state index contributed by atoms with van der Waals surface area (Å²) in [5.41, 5.74) is 0.907. The summed E-state index contributed by atoms with van der Waals surface area (Å²) in [6.07, 6.45) is 1.52. The van der Waals surface area contributed by atoms with Crippen LogP contribution >= 0.6 is 11.3 Å². The van der Waals surface area contributed by atoms with Gasteiger partial charge in [-0.05, 0) is 32.2 Å². The largest absolute Gasteiger partial charge is 0.357 e. The normalized spacial score (nSPS) is 12.4. The Morgan fingerprint density at radius 2 is 2.16 bits per heavy atom. The molecule has 5 nitrogen and oxygen atoms in total. The summed E-state index contributed by atoms with van der Waals surface area (Å²) >= 11 is 1.58. The van der Waals surface area contributed by atoms with Crippen molar-refractivity contribution in [3.8, 4) is 0 Å². The number of carbonyl (C=O) groups is 1. The van der Waals surface area contributed by atoms with Gasteiger partial charge in [0.15, 0.2) is 0 Å². The van der Waals surface area contributed by atoms with Gasteiger partial charge in [-0.2, -0.15) is 0 Å². The van der Waals surface area contributed by atoms with Gasteiger partial charge in [0, 0.05) is 13.1 Å². The van der Waals surface area contributed by atoms with Crippen LogP contribution in [0.5, 0.6) is 0 Å². The molecular formula is C13H18N4OS. The fourth-order valence-corrected chi connectivity index (χ4v) is 2.77. The first-order chi connectivity index (χ1) is 9.17. The molecule has 2 heterocycles. The van der Waals surface area contributed by atoms with Crippen LogP contribution in [0.2, 0.25) is 0 Å². The summed E-state index contributed by atoms with van der Waals surface area (Å²) in [4.78, 5) is 22.4. The van der Waals surface area contributed by atoms with Gasteiger partial charge in [0.1, 0.15) is 18.2 Å². The van der Waals surface area contributed by atoms with Crippen molar-refractivity contribution < 1.29 is 4.79 Å². The van der Waals surface area contributed by atoms with Crippen LogP contribution in [-0.4, -0.2) is 39.9 Å². The highest BCUT2D eigenvalue weighted by Crippen LogP contribution is 2.25. The van der Waals surface area contributed by atoms with E-state index in [2.05, 4.69) is 15.3 Å². The Kier molecular flexibility index (Phi) is 4.31. The summed E-state index contributed by atoms with van der Waals surface area (Å²) in [6, 6.07) is 1.66. The van der Waals surface area contributed by atoms with Crippen LogP contribution in [0.3, 0.4) is 0 Å². The van der Waals surface area contributed by atoms with Crippen molar-refractivity contribution in [2.24, 2.45) is 0 Å². The Morgan fingerprint density at radius 1 is 1.42 bits per heavy atom. The molecule has 0 saturated carbocycles. The number of hydrogen-bond acceptors (Lipinski definition) is 5. The van der Waals surface area contributed by atoms with Gasteiger partial charge in [0.05, 0.1) is 10.2 Å².